The van der Waals surface area contributed by atoms with Gasteiger partial charge in [-0.15, -0.1) is 0 Å². The molecule has 0 unspecified atom stereocenters. The second-order valence-electron chi connectivity index (χ2n) is 8.16. The number of hydrogen-bond acceptors (Lipinski definition) is 7. The number of fused-ring (bicyclic) bond motifs is 2. The van der Waals surface area contributed by atoms with E-state index < -0.39 is 5.82 Å². The standard InChI is InChI=1S/C20H19FN6O3/c1-11-9-29-19-12(4-13(21)5-22-19)7-26-17-15(30-10-20(26)2-3-20)8-27-16(25-17)14(6-23-27)18(28)24-11/h4-6,8,11H,2-3,7,9-10H2,1H3,(H,24,28)/t11-/m1/s1. The van der Waals surface area contributed by atoms with Crippen molar-refractivity contribution >= 4 is 17.4 Å². The summed E-state index contributed by atoms with van der Waals surface area (Å²) in [6, 6.07) is 1.15. The predicted octanol–water partition coefficient (Wildman–Crippen LogP) is 1.71. The quantitative estimate of drug-likeness (QED) is 0.603. The average molecular weight is 410 g/mol. The van der Waals surface area contributed by atoms with Crippen LogP contribution in [0.1, 0.15) is 35.7 Å². The summed E-state index contributed by atoms with van der Waals surface area (Å²) >= 11 is 0. The number of ether oxygens (including phenoxy) is 2. The van der Waals surface area contributed by atoms with Crippen LogP contribution in [0.3, 0.4) is 0 Å². The molecule has 3 aromatic heterocycles. The number of carbonyl (C=O) groups excluding carboxylic acids is 1. The van der Waals surface area contributed by atoms with Crippen LogP contribution in [0.2, 0.25) is 0 Å². The number of halogens is 1. The van der Waals surface area contributed by atoms with E-state index in [2.05, 4.69) is 20.3 Å². The third-order valence-corrected chi connectivity index (χ3v) is 5.91. The Kier molecular flexibility index (Phi) is 3.51. The first kappa shape index (κ1) is 17.4. The summed E-state index contributed by atoms with van der Waals surface area (Å²) in [5.41, 5.74) is 1.25. The van der Waals surface area contributed by atoms with Crippen LogP contribution in [0, 0.1) is 5.82 Å². The van der Waals surface area contributed by atoms with Crippen LogP contribution >= 0.6 is 0 Å². The molecule has 3 aromatic rings. The van der Waals surface area contributed by atoms with E-state index in [0.717, 1.165) is 19.0 Å². The first-order valence-electron chi connectivity index (χ1n) is 9.89. The maximum atomic E-state index is 14.1. The number of amides is 1. The first-order chi connectivity index (χ1) is 14.5. The summed E-state index contributed by atoms with van der Waals surface area (Å²) in [7, 11) is 0. The van der Waals surface area contributed by atoms with Gasteiger partial charge < -0.3 is 19.7 Å². The molecule has 1 spiro atoms. The highest BCUT2D eigenvalue weighted by molar-refractivity contribution is 6.00. The topological polar surface area (TPSA) is 93.9 Å². The van der Waals surface area contributed by atoms with Crippen molar-refractivity contribution in [2.45, 2.75) is 37.9 Å². The second-order valence-corrected chi connectivity index (χ2v) is 8.16. The number of nitrogens with one attached hydrogen (secondary N) is 1. The molecule has 2 aliphatic heterocycles. The van der Waals surface area contributed by atoms with Gasteiger partial charge in [0.2, 0.25) is 5.88 Å². The van der Waals surface area contributed by atoms with Crippen LogP contribution in [-0.4, -0.2) is 50.3 Å². The van der Waals surface area contributed by atoms with E-state index >= 15 is 0 Å². The lowest BCUT2D eigenvalue weighted by Crippen LogP contribution is -2.45. The lowest BCUT2D eigenvalue weighted by Gasteiger charge is -2.38. The van der Waals surface area contributed by atoms with Crippen molar-refractivity contribution < 1.29 is 18.7 Å². The van der Waals surface area contributed by atoms with Crippen molar-refractivity contribution in [3.63, 3.8) is 0 Å². The summed E-state index contributed by atoms with van der Waals surface area (Å²) in [5, 5.41) is 7.16. The van der Waals surface area contributed by atoms with Crippen molar-refractivity contribution in [2.75, 3.05) is 18.1 Å². The second kappa shape index (κ2) is 6.04. The minimum absolute atomic E-state index is 0.197. The highest BCUT2D eigenvalue weighted by Gasteiger charge is 2.53. The zero-order valence-corrected chi connectivity index (χ0v) is 16.3. The minimum Gasteiger partial charge on any atom is -0.486 e. The molecule has 3 aliphatic rings. The van der Waals surface area contributed by atoms with Crippen molar-refractivity contribution in [1.82, 2.24) is 24.9 Å². The molecular weight excluding hydrogens is 391 g/mol. The summed E-state index contributed by atoms with van der Waals surface area (Å²) in [6.07, 6.45) is 6.27. The van der Waals surface area contributed by atoms with Crippen LogP contribution in [0.15, 0.2) is 24.7 Å². The average Bonchev–Trinajstić information content (AvgIpc) is 3.37. The largest absolute Gasteiger partial charge is 0.486 e. The smallest absolute Gasteiger partial charge is 0.257 e. The van der Waals surface area contributed by atoms with Crippen LogP contribution in [0.25, 0.3) is 5.65 Å². The highest BCUT2D eigenvalue weighted by atomic mass is 19.1. The van der Waals surface area contributed by atoms with E-state index in [4.69, 9.17) is 14.5 Å². The van der Waals surface area contributed by atoms with Gasteiger partial charge in [-0.25, -0.2) is 18.9 Å². The fraction of sp³-hybridized carbons (Fsp3) is 0.400. The van der Waals surface area contributed by atoms with E-state index in [1.54, 1.807) is 10.7 Å². The molecule has 1 N–H and O–H groups in total. The maximum Gasteiger partial charge on any atom is 0.257 e. The summed E-state index contributed by atoms with van der Waals surface area (Å²) in [6.45, 7) is 2.92. The van der Waals surface area contributed by atoms with Crippen LogP contribution in [0.5, 0.6) is 11.6 Å². The van der Waals surface area contributed by atoms with Gasteiger partial charge in [0.15, 0.2) is 17.2 Å². The Hall–Kier alpha value is -3.43. The zero-order chi connectivity index (χ0) is 20.5. The van der Waals surface area contributed by atoms with Crippen LogP contribution < -0.4 is 19.7 Å². The Balaban J connectivity index is 1.56. The number of nitrogens with zero attached hydrogens (tertiary/aromatic N) is 5. The molecule has 9 nitrogen and oxygen atoms in total. The van der Waals surface area contributed by atoms with E-state index in [1.807, 2.05) is 6.92 Å². The number of rotatable bonds is 0. The molecule has 30 heavy (non-hydrogen) atoms. The van der Waals surface area contributed by atoms with Gasteiger partial charge in [0.1, 0.15) is 24.6 Å². The number of carbonyl (C=O) groups is 1. The van der Waals surface area contributed by atoms with Crippen LogP contribution in [-0.2, 0) is 6.54 Å². The highest BCUT2D eigenvalue weighted by Crippen LogP contribution is 2.50. The lowest BCUT2D eigenvalue weighted by atomic mass is 10.1. The fourth-order valence-electron chi connectivity index (χ4n) is 4.09. The minimum atomic E-state index is -0.428. The van der Waals surface area contributed by atoms with Crippen molar-refractivity contribution in [1.29, 1.82) is 0 Å². The van der Waals surface area contributed by atoms with Crippen molar-refractivity contribution in [3.8, 4) is 11.6 Å². The Morgan fingerprint density at radius 2 is 2.17 bits per heavy atom. The Labute approximate surface area is 170 Å². The van der Waals surface area contributed by atoms with Gasteiger partial charge in [-0.3, -0.25) is 4.79 Å². The molecule has 1 fully saturated rings. The molecule has 0 aromatic carbocycles. The maximum absolute atomic E-state index is 14.1. The summed E-state index contributed by atoms with van der Waals surface area (Å²) in [5.74, 6) is 0.825. The van der Waals surface area contributed by atoms with Gasteiger partial charge in [0, 0.05) is 5.56 Å². The molecule has 2 bridgehead atoms. The molecule has 1 aliphatic carbocycles. The molecule has 1 atom stereocenters. The van der Waals surface area contributed by atoms with E-state index in [0.29, 0.717) is 47.4 Å². The molecule has 10 heteroatoms. The van der Waals surface area contributed by atoms with Gasteiger partial charge in [-0.1, -0.05) is 0 Å². The van der Waals surface area contributed by atoms with Crippen molar-refractivity contribution in [2.24, 2.45) is 0 Å². The molecule has 5 heterocycles. The monoisotopic (exact) mass is 410 g/mol. The van der Waals surface area contributed by atoms with Crippen molar-refractivity contribution in [3.05, 3.63) is 41.6 Å². The Morgan fingerprint density at radius 1 is 1.30 bits per heavy atom. The number of anilines is 1. The third kappa shape index (κ3) is 2.59. The molecule has 6 rings (SSSR count). The van der Waals surface area contributed by atoms with E-state index in [-0.39, 0.29) is 24.1 Å². The van der Waals surface area contributed by atoms with E-state index in [1.165, 1.54) is 12.3 Å². The molecule has 1 saturated carbocycles. The first-order valence-corrected chi connectivity index (χ1v) is 9.89. The predicted molar refractivity (Wildman–Crippen MR) is 103 cm³/mol. The van der Waals surface area contributed by atoms with Crippen LogP contribution in [0.4, 0.5) is 10.2 Å². The summed E-state index contributed by atoms with van der Waals surface area (Å²) < 4.78 is 27.5. The molecule has 0 radical (unpaired) electrons. The Bertz CT molecular complexity index is 1190. The van der Waals surface area contributed by atoms with Gasteiger partial charge in [0.25, 0.3) is 5.91 Å². The number of pyridine rings is 1. The lowest BCUT2D eigenvalue weighted by molar-refractivity contribution is 0.0927. The zero-order valence-electron chi connectivity index (χ0n) is 16.3. The van der Waals surface area contributed by atoms with E-state index in [9.17, 15) is 9.18 Å². The van der Waals surface area contributed by atoms with Gasteiger partial charge in [-0.05, 0) is 25.8 Å². The Morgan fingerprint density at radius 3 is 3.00 bits per heavy atom. The summed E-state index contributed by atoms with van der Waals surface area (Å²) in [4.78, 5) is 23.9. The number of aromatic nitrogens is 4. The molecule has 0 saturated heterocycles. The SMILES string of the molecule is C[C@@H]1COc2ncc(F)cc2CN2c3nc4c(cnn4cc3OCC23CC3)C(=O)N1. The normalized spacial score (nSPS) is 21.7. The number of hydrogen-bond donors (Lipinski definition) is 1. The molecule has 1 amide bonds. The van der Waals surface area contributed by atoms with Gasteiger partial charge in [0.05, 0.1) is 36.7 Å². The van der Waals surface area contributed by atoms with Gasteiger partial charge >= 0.3 is 0 Å². The molecular formula is C20H19FN6O3. The van der Waals surface area contributed by atoms with Gasteiger partial charge in [-0.2, -0.15) is 5.10 Å². The third-order valence-electron chi connectivity index (χ3n) is 5.91. The fourth-order valence-corrected chi connectivity index (χ4v) is 4.09. The molecule has 154 valence electrons.